The van der Waals surface area contributed by atoms with Gasteiger partial charge in [-0.2, -0.15) is 0 Å². The van der Waals surface area contributed by atoms with Crippen molar-refractivity contribution in [1.82, 2.24) is 5.32 Å². The van der Waals surface area contributed by atoms with Crippen molar-refractivity contribution in [3.63, 3.8) is 0 Å². The molecule has 4 nitrogen and oxygen atoms in total. The first-order chi connectivity index (χ1) is 12.5. The molecule has 0 aromatic heterocycles. The maximum Gasteiger partial charge on any atom is 0.261 e. The van der Waals surface area contributed by atoms with Crippen molar-refractivity contribution in [3.05, 3.63) is 59.4 Å². The maximum atomic E-state index is 13.8. The smallest absolute Gasteiger partial charge is 0.261 e. The van der Waals surface area contributed by atoms with Crippen LogP contribution in [-0.2, 0) is 4.79 Å². The Hall–Kier alpha value is -2.56. The van der Waals surface area contributed by atoms with Crippen LogP contribution in [-0.4, -0.2) is 19.1 Å². The Morgan fingerprint density at radius 2 is 1.85 bits per heavy atom. The van der Waals surface area contributed by atoms with Crippen LogP contribution in [0, 0.1) is 12.7 Å². The molecule has 0 radical (unpaired) electrons. The monoisotopic (exact) mass is 359 g/mol. The van der Waals surface area contributed by atoms with Gasteiger partial charge in [0.05, 0.1) is 13.2 Å². The Kier molecular flexibility index (Phi) is 7.01. The molecule has 1 amide bonds. The van der Waals surface area contributed by atoms with E-state index < -0.39 is 11.9 Å². The molecule has 0 fully saturated rings. The summed E-state index contributed by atoms with van der Waals surface area (Å²) in [6.45, 7) is 5.81. The lowest BCUT2D eigenvalue weighted by molar-refractivity contribution is -0.129. The van der Waals surface area contributed by atoms with Gasteiger partial charge in [0, 0.05) is 0 Å². The first-order valence-corrected chi connectivity index (χ1v) is 8.86. The molecule has 1 N–H and O–H groups in total. The van der Waals surface area contributed by atoms with E-state index in [2.05, 4.69) is 5.32 Å². The molecule has 0 unspecified atom stereocenters. The predicted molar refractivity (Wildman–Crippen MR) is 100 cm³/mol. The Bertz CT molecular complexity index is 748. The lowest BCUT2D eigenvalue weighted by Crippen LogP contribution is -2.40. The van der Waals surface area contributed by atoms with E-state index in [1.54, 1.807) is 19.2 Å². The van der Waals surface area contributed by atoms with Gasteiger partial charge in [-0.15, -0.1) is 0 Å². The molecule has 0 heterocycles. The van der Waals surface area contributed by atoms with Crippen molar-refractivity contribution >= 4 is 5.91 Å². The highest BCUT2D eigenvalue weighted by atomic mass is 19.1. The van der Waals surface area contributed by atoms with Crippen molar-refractivity contribution < 1.29 is 18.7 Å². The SMILES string of the molecule is CC[C@H](Oc1ccccc1F)C(=O)N[C@H](CC)c1ccc(OC)c(C)c1. The Balaban J connectivity index is 2.11. The number of amides is 1. The fraction of sp³-hybridized carbons (Fsp3) is 0.381. The number of benzene rings is 2. The third-order valence-electron chi connectivity index (χ3n) is 4.32. The van der Waals surface area contributed by atoms with E-state index in [0.717, 1.165) is 23.3 Å². The van der Waals surface area contributed by atoms with Gasteiger partial charge >= 0.3 is 0 Å². The Labute approximate surface area is 154 Å². The minimum Gasteiger partial charge on any atom is -0.496 e. The molecule has 0 aliphatic heterocycles. The summed E-state index contributed by atoms with van der Waals surface area (Å²) in [5.41, 5.74) is 2.01. The molecular weight excluding hydrogens is 333 g/mol. The zero-order valence-electron chi connectivity index (χ0n) is 15.7. The topological polar surface area (TPSA) is 47.6 Å². The van der Waals surface area contributed by atoms with Crippen LogP contribution in [0.4, 0.5) is 4.39 Å². The number of rotatable bonds is 8. The van der Waals surface area contributed by atoms with Crippen molar-refractivity contribution in [2.24, 2.45) is 0 Å². The van der Waals surface area contributed by atoms with Gasteiger partial charge in [-0.25, -0.2) is 4.39 Å². The number of hydrogen-bond donors (Lipinski definition) is 1. The molecule has 5 heteroatoms. The lowest BCUT2D eigenvalue weighted by Gasteiger charge is -2.23. The average Bonchev–Trinajstić information content (AvgIpc) is 2.65. The van der Waals surface area contributed by atoms with Crippen LogP contribution in [0.2, 0.25) is 0 Å². The van der Waals surface area contributed by atoms with Crippen molar-refractivity contribution in [2.75, 3.05) is 7.11 Å². The number of carbonyl (C=O) groups excluding carboxylic acids is 1. The van der Waals surface area contributed by atoms with Crippen molar-refractivity contribution in [1.29, 1.82) is 0 Å². The molecule has 140 valence electrons. The van der Waals surface area contributed by atoms with Gasteiger partial charge in [0.1, 0.15) is 5.75 Å². The van der Waals surface area contributed by atoms with E-state index in [1.165, 1.54) is 12.1 Å². The number of aryl methyl sites for hydroxylation is 1. The highest BCUT2D eigenvalue weighted by Gasteiger charge is 2.23. The normalized spacial score (nSPS) is 13.0. The second-order valence-electron chi connectivity index (χ2n) is 6.14. The first-order valence-electron chi connectivity index (χ1n) is 8.86. The third-order valence-corrected chi connectivity index (χ3v) is 4.32. The molecule has 2 aromatic carbocycles. The predicted octanol–water partition coefficient (Wildman–Crippen LogP) is 4.57. The second-order valence-corrected chi connectivity index (χ2v) is 6.14. The molecule has 2 aromatic rings. The van der Waals surface area contributed by atoms with E-state index >= 15 is 0 Å². The zero-order chi connectivity index (χ0) is 19.1. The molecule has 0 saturated carbocycles. The average molecular weight is 359 g/mol. The molecule has 0 saturated heterocycles. The number of para-hydroxylation sites is 1. The van der Waals surface area contributed by atoms with Gasteiger partial charge in [-0.1, -0.05) is 38.1 Å². The Morgan fingerprint density at radius 3 is 2.42 bits per heavy atom. The van der Waals surface area contributed by atoms with Crippen LogP contribution in [0.25, 0.3) is 0 Å². The van der Waals surface area contributed by atoms with Gasteiger partial charge in [0.15, 0.2) is 17.7 Å². The minimum absolute atomic E-state index is 0.0860. The molecule has 0 aliphatic rings. The number of halogens is 1. The van der Waals surface area contributed by atoms with E-state index in [4.69, 9.17) is 9.47 Å². The molecule has 2 rings (SSSR count). The third kappa shape index (κ3) is 4.75. The number of carbonyl (C=O) groups is 1. The second kappa shape index (κ2) is 9.22. The summed E-state index contributed by atoms with van der Waals surface area (Å²) in [5, 5.41) is 3.01. The fourth-order valence-electron chi connectivity index (χ4n) is 2.82. The lowest BCUT2D eigenvalue weighted by atomic mass is 10.0. The molecule has 0 aliphatic carbocycles. The van der Waals surface area contributed by atoms with Gasteiger partial charge in [-0.05, 0) is 49.1 Å². The molecule has 26 heavy (non-hydrogen) atoms. The van der Waals surface area contributed by atoms with E-state index in [0.29, 0.717) is 6.42 Å². The van der Waals surface area contributed by atoms with Crippen LogP contribution < -0.4 is 14.8 Å². The highest BCUT2D eigenvalue weighted by molar-refractivity contribution is 5.81. The maximum absolute atomic E-state index is 13.8. The summed E-state index contributed by atoms with van der Waals surface area (Å²) in [6.07, 6.45) is 0.423. The molecule has 2 atom stereocenters. The summed E-state index contributed by atoms with van der Waals surface area (Å²) in [6, 6.07) is 11.8. The summed E-state index contributed by atoms with van der Waals surface area (Å²) in [4.78, 5) is 12.7. The van der Waals surface area contributed by atoms with Gasteiger partial charge < -0.3 is 14.8 Å². The quantitative estimate of drug-likeness (QED) is 0.751. The largest absolute Gasteiger partial charge is 0.496 e. The minimum atomic E-state index is -0.750. The van der Waals surface area contributed by atoms with Crippen LogP contribution in [0.1, 0.15) is 43.9 Å². The number of ether oxygens (including phenoxy) is 2. The van der Waals surface area contributed by atoms with Gasteiger partial charge in [0.2, 0.25) is 0 Å². The van der Waals surface area contributed by atoms with Gasteiger partial charge in [-0.3, -0.25) is 4.79 Å². The van der Waals surface area contributed by atoms with Crippen molar-refractivity contribution in [3.8, 4) is 11.5 Å². The standard InChI is InChI=1S/C21H26FNO3/c1-5-17(15-11-12-19(25-4)14(3)13-15)23-21(24)18(6-2)26-20-10-8-7-9-16(20)22/h7-13,17-18H,5-6H2,1-4H3,(H,23,24)/t17-,18+/m1/s1. The van der Waals surface area contributed by atoms with E-state index in [-0.39, 0.29) is 17.7 Å². The summed E-state index contributed by atoms with van der Waals surface area (Å²) in [5.74, 6) is 0.166. The Morgan fingerprint density at radius 1 is 1.12 bits per heavy atom. The summed E-state index contributed by atoms with van der Waals surface area (Å²) < 4.78 is 24.7. The number of nitrogens with one attached hydrogen (secondary N) is 1. The van der Waals surface area contributed by atoms with Crippen LogP contribution in [0.5, 0.6) is 11.5 Å². The van der Waals surface area contributed by atoms with Crippen LogP contribution >= 0.6 is 0 Å². The van der Waals surface area contributed by atoms with E-state index in [9.17, 15) is 9.18 Å². The molecule has 0 bridgehead atoms. The fourth-order valence-corrected chi connectivity index (χ4v) is 2.82. The highest BCUT2D eigenvalue weighted by Crippen LogP contribution is 2.25. The van der Waals surface area contributed by atoms with Gasteiger partial charge in [0.25, 0.3) is 5.91 Å². The molecular formula is C21H26FNO3. The number of methoxy groups -OCH3 is 1. The summed E-state index contributed by atoms with van der Waals surface area (Å²) >= 11 is 0. The van der Waals surface area contributed by atoms with E-state index in [1.807, 2.05) is 39.0 Å². The van der Waals surface area contributed by atoms with Crippen LogP contribution in [0.3, 0.4) is 0 Å². The van der Waals surface area contributed by atoms with Crippen LogP contribution in [0.15, 0.2) is 42.5 Å². The first kappa shape index (κ1) is 19.8. The zero-order valence-corrected chi connectivity index (χ0v) is 15.7. The number of hydrogen-bond acceptors (Lipinski definition) is 3. The summed E-state index contributed by atoms with van der Waals surface area (Å²) in [7, 11) is 1.63. The van der Waals surface area contributed by atoms with Crippen molar-refractivity contribution in [2.45, 2.75) is 45.8 Å². The molecule has 0 spiro atoms.